The number of halogens is 1. The third kappa shape index (κ3) is 3.66. The lowest BCUT2D eigenvalue weighted by Gasteiger charge is -2.22. The molecule has 1 unspecified atom stereocenters. The van der Waals surface area contributed by atoms with Gasteiger partial charge in [0.25, 0.3) is 0 Å². The summed E-state index contributed by atoms with van der Waals surface area (Å²) < 4.78 is 14.5. The van der Waals surface area contributed by atoms with Gasteiger partial charge in [0.2, 0.25) is 0 Å². The number of hydrogen-bond donors (Lipinski definition) is 1. The summed E-state index contributed by atoms with van der Waals surface area (Å²) in [5.74, 6) is 0.962. The van der Waals surface area contributed by atoms with Crippen molar-refractivity contribution in [3.05, 3.63) is 23.6 Å². The summed E-state index contributed by atoms with van der Waals surface area (Å²) in [5, 5.41) is 3.32. The molecule has 1 saturated heterocycles. The minimum absolute atomic E-state index is 0.0158. The molecule has 0 bridgehead atoms. The highest BCUT2D eigenvalue weighted by molar-refractivity contribution is 5.44. The molecular weight excluding hydrogens is 241 g/mol. The van der Waals surface area contributed by atoms with Crippen molar-refractivity contribution >= 4 is 5.82 Å². The lowest BCUT2D eigenvalue weighted by atomic mass is 10.1. The molecule has 1 fully saturated rings. The van der Waals surface area contributed by atoms with Crippen molar-refractivity contribution < 1.29 is 4.39 Å². The van der Waals surface area contributed by atoms with E-state index in [9.17, 15) is 4.39 Å². The highest BCUT2D eigenvalue weighted by Crippen LogP contribution is 2.25. The van der Waals surface area contributed by atoms with E-state index in [4.69, 9.17) is 0 Å². The molecule has 0 radical (unpaired) electrons. The van der Waals surface area contributed by atoms with Crippen LogP contribution in [0.1, 0.15) is 39.7 Å². The number of anilines is 1. The van der Waals surface area contributed by atoms with E-state index in [-0.39, 0.29) is 11.4 Å². The Bertz CT molecular complexity index is 440. The lowest BCUT2D eigenvalue weighted by molar-refractivity contribution is 0.418. The summed E-state index contributed by atoms with van der Waals surface area (Å²) in [6.07, 6.45) is 2.83. The third-order valence-corrected chi connectivity index (χ3v) is 3.48. The van der Waals surface area contributed by atoms with Crippen molar-refractivity contribution in [2.24, 2.45) is 5.92 Å². The maximum absolute atomic E-state index is 14.5. The first kappa shape index (κ1) is 14.3. The SMILES string of the molecule is CC1CCN(c2nccc(CNC(C)(C)C)c2F)C1. The minimum Gasteiger partial charge on any atom is -0.354 e. The van der Waals surface area contributed by atoms with Gasteiger partial charge in [0.05, 0.1) is 0 Å². The molecule has 1 aliphatic rings. The molecule has 0 spiro atoms. The van der Waals surface area contributed by atoms with E-state index in [1.54, 1.807) is 12.3 Å². The molecule has 1 N–H and O–H groups in total. The van der Waals surface area contributed by atoms with Gasteiger partial charge >= 0.3 is 0 Å². The first-order valence-electron chi connectivity index (χ1n) is 7.00. The van der Waals surface area contributed by atoms with E-state index in [2.05, 4.69) is 42.9 Å². The Morgan fingerprint density at radius 2 is 2.21 bits per heavy atom. The van der Waals surface area contributed by atoms with Crippen molar-refractivity contribution in [3.8, 4) is 0 Å². The molecule has 19 heavy (non-hydrogen) atoms. The maximum atomic E-state index is 14.5. The van der Waals surface area contributed by atoms with E-state index < -0.39 is 0 Å². The average molecular weight is 265 g/mol. The monoisotopic (exact) mass is 265 g/mol. The zero-order chi connectivity index (χ0) is 14.0. The summed E-state index contributed by atoms with van der Waals surface area (Å²) in [6, 6.07) is 1.76. The van der Waals surface area contributed by atoms with E-state index in [0.717, 1.165) is 19.5 Å². The molecule has 0 aromatic carbocycles. The fourth-order valence-corrected chi connectivity index (χ4v) is 2.32. The molecule has 1 aromatic heterocycles. The van der Waals surface area contributed by atoms with Crippen molar-refractivity contribution in [2.75, 3.05) is 18.0 Å². The van der Waals surface area contributed by atoms with Gasteiger partial charge in [-0.3, -0.25) is 0 Å². The van der Waals surface area contributed by atoms with Crippen LogP contribution in [0.2, 0.25) is 0 Å². The Balaban J connectivity index is 2.14. The largest absolute Gasteiger partial charge is 0.354 e. The Kier molecular flexibility index (Phi) is 4.09. The molecule has 0 saturated carbocycles. The smallest absolute Gasteiger partial charge is 0.170 e. The number of rotatable bonds is 3. The van der Waals surface area contributed by atoms with Gasteiger partial charge < -0.3 is 10.2 Å². The number of pyridine rings is 1. The summed E-state index contributed by atoms with van der Waals surface area (Å²) in [5.41, 5.74) is 0.678. The highest BCUT2D eigenvalue weighted by atomic mass is 19.1. The Morgan fingerprint density at radius 1 is 1.47 bits per heavy atom. The molecule has 2 rings (SSSR count). The van der Waals surface area contributed by atoms with Crippen LogP contribution in [0.3, 0.4) is 0 Å². The summed E-state index contributed by atoms with van der Waals surface area (Å²) >= 11 is 0. The van der Waals surface area contributed by atoms with Crippen molar-refractivity contribution in [2.45, 2.75) is 46.2 Å². The standard InChI is InChI=1S/C15H24FN3/c1-11-6-8-19(10-11)14-13(16)12(5-7-17-14)9-18-15(2,3)4/h5,7,11,18H,6,8-10H2,1-4H3. The van der Waals surface area contributed by atoms with Crippen LogP contribution in [-0.4, -0.2) is 23.6 Å². The quantitative estimate of drug-likeness (QED) is 0.910. The zero-order valence-electron chi connectivity index (χ0n) is 12.3. The van der Waals surface area contributed by atoms with Crippen LogP contribution >= 0.6 is 0 Å². The first-order valence-corrected chi connectivity index (χ1v) is 7.00. The van der Waals surface area contributed by atoms with E-state index in [1.165, 1.54) is 0 Å². The normalized spacial score (nSPS) is 20.1. The third-order valence-electron chi connectivity index (χ3n) is 3.48. The van der Waals surface area contributed by atoms with Gasteiger partial charge in [-0.15, -0.1) is 0 Å². The highest BCUT2D eigenvalue weighted by Gasteiger charge is 2.23. The molecule has 4 heteroatoms. The summed E-state index contributed by atoms with van der Waals surface area (Å²) in [6.45, 7) is 10.8. The zero-order valence-corrected chi connectivity index (χ0v) is 12.3. The maximum Gasteiger partial charge on any atom is 0.170 e. The topological polar surface area (TPSA) is 28.2 Å². The van der Waals surface area contributed by atoms with Crippen molar-refractivity contribution in [1.29, 1.82) is 0 Å². The molecular formula is C15H24FN3. The molecule has 2 heterocycles. The van der Waals surface area contributed by atoms with Crippen LogP contribution in [-0.2, 0) is 6.54 Å². The number of nitrogens with one attached hydrogen (secondary N) is 1. The number of nitrogens with zero attached hydrogens (tertiary/aromatic N) is 2. The van der Waals surface area contributed by atoms with E-state index in [1.807, 2.05) is 0 Å². The second-order valence-corrected chi connectivity index (χ2v) is 6.55. The van der Waals surface area contributed by atoms with Gasteiger partial charge in [-0.2, -0.15) is 0 Å². The Morgan fingerprint density at radius 3 is 2.79 bits per heavy atom. The molecule has 1 aromatic rings. The van der Waals surface area contributed by atoms with Gasteiger partial charge in [-0.05, 0) is 39.2 Å². The number of aromatic nitrogens is 1. The fourth-order valence-electron chi connectivity index (χ4n) is 2.32. The molecule has 0 amide bonds. The van der Waals surface area contributed by atoms with Gasteiger partial charge in [-0.1, -0.05) is 6.92 Å². The second-order valence-electron chi connectivity index (χ2n) is 6.55. The predicted octanol–water partition coefficient (Wildman–Crippen LogP) is 2.96. The molecule has 106 valence electrons. The van der Waals surface area contributed by atoms with Gasteiger partial charge in [0.1, 0.15) is 0 Å². The van der Waals surface area contributed by atoms with Gasteiger partial charge in [0, 0.05) is 36.9 Å². The van der Waals surface area contributed by atoms with E-state index >= 15 is 0 Å². The summed E-state index contributed by atoms with van der Waals surface area (Å²) in [7, 11) is 0. The predicted molar refractivity (Wildman–Crippen MR) is 76.8 cm³/mol. The van der Waals surface area contributed by atoms with Crippen molar-refractivity contribution in [1.82, 2.24) is 10.3 Å². The lowest BCUT2D eigenvalue weighted by Crippen LogP contribution is -2.35. The molecule has 0 aliphatic carbocycles. The van der Waals surface area contributed by atoms with Crippen molar-refractivity contribution in [3.63, 3.8) is 0 Å². The Labute approximate surface area is 115 Å². The Hall–Kier alpha value is -1.16. The molecule has 3 nitrogen and oxygen atoms in total. The average Bonchev–Trinajstić information content (AvgIpc) is 2.73. The van der Waals surface area contributed by atoms with Crippen LogP contribution < -0.4 is 10.2 Å². The first-order chi connectivity index (χ1) is 8.87. The van der Waals surface area contributed by atoms with Crippen LogP contribution in [0.15, 0.2) is 12.3 Å². The van der Waals surface area contributed by atoms with E-state index in [0.29, 0.717) is 23.8 Å². The van der Waals surface area contributed by atoms with Crippen LogP contribution in [0.25, 0.3) is 0 Å². The molecule has 1 atom stereocenters. The van der Waals surface area contributed by atoms with Gasteiger partial charge in [0.15, 0.2) is 11.6 Å². The minimum atomic E-state index is -0.173. The van der Waals surface area contributed by atoms with Crippen LogP contribution in [0.5, 0.6) is 0 Å². The summed E-state index contributed by atoms with van der Waals surface area (Å²) in [4.78, 5) is 6.28. The van der Waals surface area contributed by atoms with Crippen LogP contribution in [0, 0.1) is 11.7 Å². The second kappa shape index (κ2) is 5.45. The molecule has 1 aliphatic heterocycles. The fraction of sp³-hybridized carbons (Fsp3) is 0.667. The van der Waals surface area contributed by atoms with Crippen LogP contribution in [0.4, 0.5) is 10.2 Å². The number of hydrogen-bond acceptors (Lipinski definition) is 3. The van der Waals surface area contributed by atoms with Gasteiger partial charge in [-0.25, -0.2) is 9.37 Å².